The zero-order valence-electron chi connectivity index (χ0n) is 19.4. The van der Waals surface area contributed by atoms with E-state index in [1.807, 2.05) is 12.1 Å². The largest absolute Gasteiger partial charge is 0.480 e. The van der Waals surface area contributed by atoms with Gasteiger partial charge in [0.2, 0.25) is 0 Å². The molecule has 1 fully saturated rings. The molecular formula is C26H33N3O3S. The van der Waals surface area contributed by atoms with Gasteiger partial charge < -0.3 is 15.0 Å². The number of thiophene rings is 1. The van der Waals surface area contributed by atoms with Gasteiger partial charge in [-0.2, -0.15) is 0 Å². The molecule has 2 aromatic heterocycles. The molecule has 1 saturated carbocycles. The van der Waals surface area contributed by atoms with Gasteiger partial charge in [0.1, 0.15) is 11.9 Å². The highest BCUT2D eigenvalue weighted by atomic mass is 32.1. The molecule has 3 aromatic rings. The molecular weight excluding hydrogens is 434 g/mol. The summed E-state index contributed by atoms with van der Waals surface area (Å²) in [6, 6.07) is 9.11. The van der Waals surface area contributed by atoms with Gasteiger partial charge in [0.05, 0.1) is 11.0 Å². The van der Waals surface area contributed by atoms with E-state index in [9.17, 15) is 14.7 Å². The molecule has 0 spiro atoms. The van der Waals surface area contributed by atoms with E-state index < -0.39 is 12.0 Å². The molecule has 1 aliphatic rings. The predicted molar refractivity (Wildman–Crippen MR) is 132 cm³/mol. The molecule has 0 saturated heterocycles. The summed E-state index contributed by atoms with van der Waals surface area (Å²) in [7, 11) is 0. The summed E-state index contributed by atoms with van der Waals surface area (Å²) in [5.74, 6) is 0.0426. The average Bonchev–Trinajstić information content (AvgIpc) is 3.45. The third kappa shape index (κ3) is 5.46. The molecule has 1 aromatic carbocycles. The van der Waals surface area contributed by atoms with E-state index in [-0.39, 0.29) is 11.9 Å². The van der Waals surface area contributed by atoms with Gasteiger partial charge in [0.15, 0.2) is 0 Å². The number of amides is 1. The van der Waals surface area contributed by atoms with Crippen molar-refractivity contribution < 1.29 is 14.7 Å². The summed E-state index contributed by atoms with van der Waals surface area (Å²) in [5, 5.41) is 14.5. The highest BCUT2D eigenvalue weighted by Gasteiger charge is 2.26. The number of fused-ring (bicyclic) bond motifs is 1. The fourth-order valence-corrected chi connectivity index (χ4v) is 5.58. The van der Waals surface area contributed by atoms with Crippen molar-refractivity contribution in [3.8, 4) is 0 Å². The minimum atomic E-state index is -0.964. The van der Waals surface area contributed by atoms with Gasteiger partial charge in [-0.05, 0) is 55.3 Å². The maximum atomic E-state index is 13.0. The van der Waals surface area contributed by atoms with Gasteiger partial charge in [0, 0.05) is 22.9 Å². The number of carboxylic acid groups (broad SMARTS) is 1. The van der Waals surface area contributed by atoms with Crippen molar-refractivity contribution >= 4 is 34.2 Å². The summed E-state index contributed by atoms with van der Waals surface area (Å²) >= 11 is 1.71. The summed E-state index contributed by atoms with van der Waals surface area (Å²) in [6.45, 7) is 4.34. The molecule has 1 amide bonds. The first-order valence-electron chi connectivity index (χ1n) is 12.0. The second-order valence-electron chi connectivity index (χ2n) is 9.22. The highest BCUT2D eigenvalue weighted by Crippen LogP contribution is 2.28. The lowest BCUT2D eigenvalue weighted by Gasteiger charge is -2.25. The van der Waals surface area contributed by atoms with Crippen LogP contribution in [0, 0.1) is 5.92 Å². The molecule has 6 nitrogen and oxygen atoms in total. The Morgan fingerprint density at radius 2 is 2.03 bits per heavy atom. The van der Waals surface area contributed by atoms with Crippen molar-refractivity contribution in [3.63, 3.8) is 0 Å². The summed E-state index contributed by atoms with van der Waals surface area (Å²) < 4.78 is 2.26. The van der Waals surface area contributed by atoms with E-state index in [1.54, 1.807) is 23.5 Å². The van der Waals surface area contributed by atoms with Crippen LogP contribution in [0.25, 0.3) is 11.0 Å². The third-order valence-electron chi connectivity index (χ3n) is 6.87. The molecule has 0 aliphatic heterocycles. The van der Waals surface area contributed by atoms with Crippen LogP contribution >= 0.6 is 11.3 Å². The van der Waals surface area contributed by atoms with Crippen LogP contribution in [-0.2, 0) is 11.2 Å². The van der Waals surface area contributed by atoms with Gasteiger partial charge in [-0.15, -0.1) is 11.3 Å². The Balaban J connectivity index is 1.57. The molecule has 2 N–H and O–H groups in total. The smallest absolute Gasteiger partial charge is 0.326 e. The van der Waals surface area contributed by atoms with Crippen LogP contribution < -0.4 is 5.32 Å². The van der Waals surface area contributed by atoms with Crippen molar-refractivity contribution in [2.75, 3.05) is 0 Å². The van der Waals surface area contributed by atoms with Crippen molar-refractivity contribution in [1.82, 2.24) is 14.9 Å². The van der Waals surface area contributed by atoms with Gasteiger partial charge in [-0.25, -0.2) is 9.78 Å². The fourth-order valence-electron chi connectivity index (χ4n) is 4.88. The third-order valence-corrected chi connectivity index (χ3v) is 7.74. The number of rotatable bonds is 9. The van der Waals surface area contributed by atoms with E-state index in [0.717, 1.165) is 55.4 Å². The van der Waals surface area contributed by atoms with Gasteiger partial charge in [-0.1, -0.05) is 45.1 Å². The second-order valence-corrected chi connectivity index (χ2v) is 10.3. The number of hydrogen-bond donors (Lipinski definition) is 2. The lowest BCUT2D eigenvalue weighted by molar-refractivity contribution is -0.139. The molecule has 0 radical (unpaired) electrons. The Morgan fingerprint density at radius 3 is 2.70 bits per heavy atom. The number of carbonyl (C=O) groups excluding carboxylic acids is 1. The van der Waals surface area contributed by atoms with Gasteiger partial charge in [-0.3, -0.25) is 4.79 Å². The number of imidazole rings is 1. The monoisotopic (exact) mass is 467 g/mol. The Morgan fingerprint density at radius 1 is 1.24 bits per heavy atom. The van der Waals surface area contributed by atoms with Crippen LogP contribution in [0.15, 0.2) is 35.7 Å². The molecule has 4 rings (SSSR count). The summed E-state index contributed by atoms with van der Waals surface area (Å²) in [5.41, 5.74) is 2.23. The number of nitrogens with one attached hydrogen (secondary N) is 1. The lowest BCUT2D eigenvalue weighted by atomic mass is 9.85. The number of hydrogen-bond acceptors (Lipinski definition) is 4. The first-order valence-corrected chi connectivity index (χ1v) is 12.9. The van der Waals surface area contributed by atoms with Crippen molar-refractivity contribution in [2.45, 2.75) is 77.3 Å². The van der Waals surface area contributed by atoms with Crippen LogP contribution in [0.5, 0.6) is 0 Å². The lowest BCUT2D eigenvalue weighted by Crippen LogP contribution is -2.42. The molecule has 1 aliphatic carbocycles. The maximum absolute atomic E-state index is 13.0. The van der Waals surface area contributed by atoms with Crippen molar-refractivity contribution in [2.24, 2.45) is 5.92 Å². The fraction of sp³-hybridized carbons (Fsp3) is 0.500. The Hall–Kier alpha value is -2.67. The Labute approximate surface area is 199 Å². The Kier molecular flexibility index (Phi) is 7.48. The number of benzene rings is 1. The van der Waals surface area contributed by atoms with Crippen LogP contribution in [-0.4, -0.2) is 32.6 Å². The topological polar surface area (TPSA) is 84.2 Å². The average molecular weight is 468 g/mol. The maximum Gasteiger partial charge on any atom is 0.326 e. The number of aliphatic carboxylic acids is 1. The van der Waals surface area contributed by atoms with E-state index in [4.69, 9.17) is 4.98 Å². The van der Waals surface area contributed by atoms with Crippen molar-refractivity contribution in [1.29, 1.82) is 0 Å². The Bertz CT molecular complexity index is 1100. The molecule has 176 valence electrons. The summed E-state index contributed by atoms with van der Waals surface area (Å²) in [6.07, 6.45) is 7.84. The van der Waals surface area contributed by atoms with E-state index in [0.29, 0.717) is 17.9 Å². The van der Waals surface area contributed by atoms with Crippen LogP contribution in [0.1, 0.15) is 85.9 Å². The number of nitrogens with zero attached hydrogens (tertiary/aromatic N) is 2. The molecule has 2 atom stereocenters. The standard InChI is InChI=1S/C26H33N3O3S/c1-3-17(2)29-23-12-11-19(15-21(23)27-24(29)16-20-10-7-13-33-20)25(30)28-22(26(31)32)14-18-8-5-4-6-9-18/h7,10-13,15,17-18,22H,3-6,8-9,14,16H2,1-2H3,(H,28,30)(H,31,32). The molecule has 0 bridgehead atoms. The SMILES string of the molecule is CCC(C)n1c(Cc2cccs2)nc2cc(C(=O)NC(CC3CCCCC3)C(=O)O)ccc21. The quantitative estimate of drug-likeness (QED) is 0.416. The van der Waals surface area contributed by atoms with Gasteiger partial charge >= 0.3 is 5.97 Å². The van der Waals surface area contributed by atoms with E-state index >= 15 is 0 Å². The van der Waals surface area contributed by atoms with Crippen LogP contribution in [0.4, 0.5) is 0 Å². The molecule has 33 heavy (non-hydrogen) atoms. The zero-order valence-corrected chi connectivity index (χ0v) is 20.2. The molecule has 2 heterocycles. The number of carbonyl (C=O) groups is 2. The number of carboxylic acids is 1. The van der Waals surface area contributed by atoms with Gasteiger partial charge in [0.25, 0.3) is 5.91 Å². The minimum Gasteiger partial charge on any atom is -0.480 e. The summed E-state index contributed by atoms with van der Waals surface area (Å²) in [4.78, 5) is 30.9. The van der Waals surface area contributed by atoms with E-state index in [2.05, 4.69) is 35.2 Å². The first-order chi connectivity index (χ1) is 16.0. The van der Waals surface area contributed by atoms with Crippen molar-refractivity contribution in [3.05, 3.63) is 52.0 Å². The molecule has 2 unspecified atom stereocenters. The normalized spacial score (nSPS) is 16.5. The molecule has 7 heteroatoms. The first kappa shape index (κ1) is 23.5. The van der Waals surface area contributed by atoms with Crippen LogP contribution in [0.3, 0.4) is 0 Å². The highest BCUT2D eigenvalue weighted by molar-refractivity contribution is 7.09. The number of aromatic nitrogens is 2. The minimum absolute atomic E-state index is 0.288. The predicted octanol–water partition coefficient (Wildman–Crippen LogP) is 5.81. The zero-order chi connectivity index (χ0) is 23.4. The second kappa shape index (κ2) is 10.5. The van der Waals surface area contributed by atoms with Crippen LogP contribution in [0.2, 0.25) is 0 Å². The van der Waals surface area contributed by atoms with E-state index in [1.165, 1.54) is 11.3 Å².